The van der Waals surface area contributed by atoms with Gasteiger partial charge in [-0.3, -0.25) is 9.55 Å². The van der Waals surface area contributed by atoms with Gasteiger partial charge in [0.25, 0.3) is 0 Å². The van der Waals surface area contributed by atoms with Crippen LogP contribution in [0.1, 0.15) is 26.5 Å². The molecule has 0 N–H and O–H groups in total. The van der Waals surface area contributed by atoms with Gasteiger partial charge in [0, 0.05) is 29.4 Å². The van der Waals surface area contributed by atoms with Crippen molar-refractivity contribution >= 4 is 21.8 Å². The highest BCUT2D eigenvalue weighted by Gasteiger charge is 2.21. The Morgan fingerprint density at radius 1 is 1.10 bits per heavy atom. The highest BCUT2D eigenvalue weighted by Crippen LogP contribution is 2.30. The lowest BCUT2D eigenvalue weighted by atomic mass is 9.88. The molecule has 0 bridgehead atoms. The van der Waals surface area contributed by atoms with Crippen LogP contribution < -0.4 is 5.69 Å². The van der Waals surface area contributed by atoms with E-state index in [9.17, 15) is 4.79 Å². The number of rotatable bonds is 0. The molecule has 0 aliphatic rings. The summed E-state index contributed by atoms with van der Waals surface area (Å²) in [5.41, 5.74) is 2.23. The van der Waals surface area contributed by atoms with Gasteiger partial charge in [-0.15, -0.1) is 0 Å². The Morgan fingerprint density at radius 3 is 2.55 bits per heavy atom. The molecule has 0 saturated heterocycles. The Bertz CT molecular complexity index is 872. The van der Waals surface area contributed by atoms with Gasteiger partial charge in [0.1, 0.15) is 0 Å². The Labute approximate surface area is 117 Å². The maximum atomic E-state index is 12.2. The van der Waals surface area contributed by atoms with Crippen molar-refractivity contribution in [3.8, 4) is 0 Å². The predicted octanol–water partition coefficient (Wildman–Crippen LogP) is 2.78. The topological polar surface area (TPSA) is 47.8 Å². The summed E-state index contributed by atoms with van der Waals surface area (Å²) in [4.78, 5) is 20.8. The van der Waals surface area contributed by atoms with E-state index in [0.717, 1.165) is 27.5 Å². The highest BCUT2D eigenvalue weighted by atomic mass is 16.1. The van der Waals surface area contributed by atoms with Crippen molar-refractivity contribution < 1.29 is 0 Å². The first kappa shape index (κ1) is 12.8. The molecule has 0 aliphatic heterocycles. The molecule has 4 nitrogen and oxygen atoms in total. The third kappa shape index (κ3) is 1.80. The normalized spacial score (nSPS) is 12.2. The van der Waals surface area contributed by atoms with Crippen molar-refractivity contribution in [3.05, 3.63) is 46.6 Å². The van der Waals surface area contributed by atoms with Crippen LogP contribution in [0.25, 0.3) is 21.8 Å². The lowest BCUT2D eigenvalue weighted by Crippen LogP contribution is -2.27. The molecule has 4 heteroatoms. The van der Waals surface area contributed by atoms with Gasteiger partial charge in [-0.2, -0.15) is 4.98 Å². The summed E-state index contributed by atoms with van der Waals surface area (Å²) in [7, 11) is 1.76. The van der Waals surface area contributed by atoms with Crippen LogP contribution in [-0.2, 0) is 12.5 Å². The van der Waals surface area contributed by atoms with Crippen LogP contribution in [0.5, 0.6) is 0 Å². The van der Waals surface area contributed by atoms with Gasteiger partial charge in [0.2, 0.25) is 0 Å². The molecular weight excluding hydrogens is 250 g/mol. The molecule has 0 amide bonds. The van der Waals surface area contributed by atoms with E-state index in [-0.39, 0.29) is 11.1 Å². The number of benzene rings is 1. The number of pyridine rings is 1. The zero-order valence-electron chi connectivity index (χ0n) is 12.1. The summed E-state index contributed by atoms with van der Waals surface area (Å²) in [5.74, 6) is 0. The summed E-state index contributed by atoms with van der Waals surface area (Å²) < 4.78 is 1.61. The van der Waals surface area contributed by atoms with Crippen molar-refractivity contribution in [1.82, 2.24) is 14.5 Å². The molecule has 1 aromatic carbocycles. The lowest BCUT2D eigenvalue weighted by molar-refractivity contribution is 0.567. The first-order chi connectivity index (χ1) is 9.39. The van der Waals surface area contributed by atoms with Crippen molar-refractivity contribution in [2.24, 2.45) is 7.05 Å². The van der Waals surface area contributed by atoms with Crippen LogP contribution >= 0.6 is 0 Å². The van der Waals surface area contributed by atoms with Gasteiger partial charge in [-0.25, -0.2) is 4.79 Å². The quantitative estimate of drug-likeness (QED) is 0.588. The molecule has 2 heterocycles. The summed E-state index contributed by atoms with van der Waals surface area (Å²) in [5, 5.41) is 2.00. The third-order valence-electron chi connectivity index (χ3n) is 3.55. The fourth-order valence-corrected chi connectivity index (χ4v) is 2.59. The molecule has 2 aromatic heterocycles. The van der Waals surface area contributed by atoms with E-state index in [4.69, 9.17) is 0 Å². The zero-order valence-corrected chi connectivity index (χ0v) is 12.1. The maximum absolute atomic E-state index is 12.2. The third-order valence-corrected chi connectivity index (χ3v) is 3.55. The fourth-order valence-electron chi connectivity index (χ4n) is 2.59. The monoisotopic (exact) mass is 267 g/mol. The zero-order chi connectivity index (χ0) is 14.5. The Balaban J connectivity index is 2.62. The van der Waals surface area contributed by atoms with Crippen molar-refractivity contribution in [3.63, 3.8) is 0 Å². The lowest BCUT2D eigenvalue weighted by Gasteiger charge is -2.21. The van der Waals surface area contributed by atoms with E-state index < -0.39 is 0 Å². The van der Waals surface area contributed by atoms with Crippen molar-refractivity contribution in [1.29, 1.82) is 0 Å². The molecule has 102 valence electrons. The van der Waals surface area contributed by atoms with Gasteiger partial charge >= 0.3 is 5.69 Å². The van der Waals surface area contributed by atoms with Gasteiger partial charge in [-0.05, 0) is 24.3 Å². The van der Waals surface area contributed by atoms with E-state index in [1.807, 2.05) is 24.3 Å². The Kier molecular flexibility index (Phi) is 2.64. The average Bonchev–Trinajstić information content (AvgIpc) is 2.40. The summed E-state index contributed by atoms with van der Waals surface area (Å²) >= 11 is 0. The van der Waals surface area contributed by atoms with Crippen LogP contribution in [-0.4, -0.2) is 14.5 Å². The van der Waals surface area contributed by atoms with Crippen molar-refractivity contribution in [2.45, 2.75) is 26.2 Å². The Morgan fingerprint density at radius 2 is 1.85 bits per heavy atom. The number of hydrogen-bond acceptors (Lipinski definition) is 3. The smallest absolute Gasteiger partial charge is 0.294 e. The molecule has 20 heavy (non-hydrogen) atoms. The summed E-state index contributed by atoms with van der Waals surface area (Å²) in [6.45, 7) is 6.21. The standard InChI is InChI=1S/C16H17N3O/c1-16(2,3)14-11-7-8-12-10(6-5-9-17-12)13(11)19(4)15(20)18-14/h5-9H,1-4H3. The molecule has 0 spiro atoms. The van der Waals surface area contributed by atoms with Crippen LogP contribution in [0.2, 0.25) is 0 Å². The second-order valence-corrected chi connectivity index (χ2v) is 6.08. The minimum Gasteiger partial charge on any atom is -0.294 e. The average molecular weight is 267 g/mol. The molecule has 0 saturated carbocycles. The van der Waals surface area contributed by atoms with Crippen LogP contribution in [0.3, 0.4) is 0 Å². The van der Waals surface area contributed by atoms with E-state index in [2.05, 4.69) is 30.7 Å². The molecular formula is C16H17N3O. The summed E-state index contributed by atoms with van der Waals surface area (Å²) in [6.07, 6.45) is 1.76. The molecule has 3 rings (SSSR count). The minimum absolute atomic E-state index is 0.179. The molecule has 0 fully saturated rings. The Hall–Kier alpha value is -2.23. The van der Waals surface area contributed by atoms with Gasteiger partial charge in [0.05, 0.1) is 16.7 Å². The van der Waals surface area contributed by atoms with E-state index in [1.165, 1.54) is 0 Å². The van der Waals surface area contributed by atoms with Crippen LogP contribution in [0.4, 0.5) is 0 Å². The second-order valence-electron chi connectivity index (χ2n) is 6.08. The van der Waals surface area contributed by atoms with E-state index in [0.29, 0.717) is 0 Å². The maximum Gasteiger partial charge on any atom is 0.348 e. The van der Waals surface area contributed by atoms with Crippen molar-refractivity contribution in [2.75, 3.05) is 0 Å². The molecule has 0 radical (unpaired) electrons. The fraction of sp³-hybridized carbons (Fsp3) is 0.312. The van der Waals surface area contributed by atoms with E-state index in [1.54, 1.807) is 17.8 Å². The van der Waals surface area contributed by atoms with Crippen LogP contribution in [0, 0.1) is 0 Å². The van der Waals surface area contributed by atoms with Gasteiger partial charge in [0.15, 0.2) is 0 Å². The number of hydrogen-bond donors (Lipinski definition) is 0. The molecule has 0 unspecified atom stereocenters. The molecule has 3 aromatic rings. The number of aryl methyl sites for hydroxylation is 1. The molecule has 0 aliphatic carbocycles. The predicted molar refractivity (Wildman–Crippen MR) is 81.0 cm³/mol. The van der Waals surface area contributed by atoms with Crippen LogP contribution in [0.15, 0.2) is 35.3 Å². The molecule has 0 atom stereocenters. The van der Waals surface area contributed by atoms with Gasteiger partial charge in [-0.1, -0.05) is 20.8 Å². The largest absolute Gasteiger partial charge is 0.348 e. The minimum atomic E-state index is -0.223. The number of fused-ring (bicyclic) bond motifs is 3. The van der Waals surface area contributed by atoms with E-state index >= 15 is 0 Å². The first-order valence-electron chi connectivity index (χ1n) is 6.64. The first-order valence-corrected chi connectivity index (χ1v) is 6.64. The summed E-state index contributed by atoms with van der Waals surface area (Å²) in [6, 6.07) is 7.89. The second kappa shape index (κ2) is 4.13. The van der Waals surface area contributed by atoms with Gasteiger partial charge < -0.3 is 0 Å². The highest BCUT2D eigenvalue weighted by molar-refractivity contribution is 6.04. The number of aromatic nitrogens is 3. The number of nitrogens with zero attached hydrogens (tertiary/aromatic N) is 3. The SMILES string of the molecule is Cn1c(=O)nc(C(C)(C)C)c2ccc3ncccc3c21.